The molecule has 0 radical (unpaired) electrons. The van der Waals surface area contributed by atoms with Gasteiger partial charge in [0.25, 0.3) is 0 Å². The molecule has 2 fully saturated rings. The molecular weight excluding hydrogens is 486 g/mol. The SMILES string of the molecule is C#CCN1CC(=O)N2[C@@H](CCC(=O)O)C(=O)N(CC(CC)CCCC)C[C@@H]2N1C(=O)NCc1ccccc1. The van der Waals surface area contributed by atoms with E-state index in [1.807, 2.05) is 30.3 Å². The quantitative estimate of drug-likeness (QED) is 0.406. The first-order chi connectivity index (χ1) is 18.3. The third-order valence-corrected chi connectivity index (χ3v) is 7.25. The lowest BCUT2D eigenvalue weighted by Crippen LogP contribution is -2.76. The zero-order valence-corrected chi connectivity index (χ0v) is 22.3. The van der Waals surface area contributed by atoms with Gasteiger partial charge in [0.15, 0.2) is 0 Å². The fourth-order valence-electron chi connectivity index (χ4n) is 5.22. The molecule has 2 saturated heterocycles. The van der Waals surface area contributed by atoms with Gasteiger partial charge in [0, 0.05) is 19.5 Å². The van der Waals surface area contributed by atoms with Crippen molar-refractivity contribution in [1.29, 1.82) is 0 Å². The van der Waals surface area contributed by atoms with Gasteiger partial charge in [-0.25, -0.2) is 9.80 Å². The average Bonchev–Trinajstić information content (AvgIpc) is 2.90. The molecule has 2 N–H and O–H groups in total. The maximum atomic E-state index is 13.6. The molecule has 206 valence electrons. The topological polar surface area (TPSA) is 114 Å². The Bertz CT molecular complexity index is 1030. The molecule has 0 saturated carbocycles. The van der Waals surface area contributed by atoms with Gasteiger partial charge in [0.05, 0.1) is 19.6 Å². The first-order valence-corrected chi connectivity index (χ1v) is 13.4. The highest BCUT2D eigenvalue weighted by molar-refractivity contribution is 5.91. The summed E-state index contributed by atoms with van der Waals surface area (Å²) in [4.78, 5) is 55.1. The minimum absolute atomic E-state index is 0.0206. The van der Waals surface area contributed by atoms with Gasteiger partial charge in [0.1, 0.15) is 12.2 Å². The van der Waals surface area contributed by atoms with E-state index in [0.29, 0.717) is 6.54 Å². The van der Waals surface area contributed by atoms with E-state index in [1.54, 1.807) is 4.90 Å². The molecule has 2 heterocycles. The number of nitrogens with one attached hydrogen (secondary N) is 1. The molecule has 0 spiro atoms. The maximum Gasteiger partial charge on any atom is 0.334 e. The van der Waals surface area contributed by atoms with Crippen molar-refractivity contribution in [1.82, 2.24) is 25.1 Å². The number of hydrogen-bond donors (Lipinski definition) is 2. The Labute approximate surface area is 224 Å². The normalized spacial score (nSPS) is 20.6. The standard InChI is InChI=1S/C28H39N5O5/c1-4-7-11-21(6-3)18-30-19-24-32(23(27(30)37)14-15-26(35)36)25(34)20-31(16-5-2)33(24)28(38)29-17-22-12-9-8-10-13-22/h2,8-10,12-13,21,23-24H,4,6-7,11,14-20H2,1,3H3,(H,29,38)(H,35,36)/t21?,23-,24-/m0/s1. The van der Waals surface area contributed by atoms with Crippen LogP contribution in [-0.4, -0.2) is 87.1 Å². The number of piperazine rings is 1. The molecule has 2 aliphatic heterocycles. The first kappa shape index (κ1) is 29.0. The molecule has 0 bridgehead atoms. The van der Waals surface area contributed by atoms with Gasteiger partial charge in [-0.05, 0) is 24.3 Å². The van der Waals surface area contributed by atoms with Crippen LogP contribution < -0.4 is 5.32 Å². The number of unbranched alkanes of at least 4 members (excludes halogenated alkanes) is 1. The number of benzene rings is 1. The number of urea groups is 1. The Morgan fingerprint density at radius 2 is 1.95 bits per heavy atom. The Hall–Kier alpha value is -3.58. The van der Waals surface area contributed by atoms with Gasteiger partial charge < -0.3 is 20.2 Å². The second-order valence-electron chi connectivity index (χ2n) is 9.91. The van der Waals surface area contributed by atoms with Gasteiger partial charge in [-0.15, -0.1) is 6.42 Å². The van der Waals surface area contributed by atoms with E-state index in [4.69, 9.17) is 6.42 Å². The Balaban J connectivity index is 1.92. The summed E-state index contributed by atoms with van der Waals surface area (Å²) in [7, 11) is 0. The number of nitrogens with zero attached hydrogens (tertiary/aromatic N) is 4. The molecule has 3 atom stereocenters. The Kier molecular flexibility index (Phi) is 10.5. The van der Waals surface area contributed by atoms with Gasteiger partial charge in [-0.3, -0.25) is 14.4 Å². The van der Waals surface area contributed by atoms with Crippen LogP contribution in [0.15, 0.2) is 30.3 Å². The summed E-state index contributed by atoms with van der Waals surface area (Å²) in [6, 6.07) is 8.06. The molecule has 10 heteroatoms. The molecule has 38 heavy (non-hydrogen) atoms. The van der Waals surface area contributed by atoms with Crippen molar-refractivity contribution in [3.8, 4) is 12.3 Å². The number of carbonyl (C=O) groups excluding carboxylic acids is 3. The van der Waals surface area contributed by atoms with Crippen LogP contribution in [0.25, 0.3) is 0 Å². The van der Waals surface area contributed by atoms with Crippen molar-refractivity contribution in [2.45, 2.75) is 71.1 Å². The Morgan fingerprint density at radius 3 is 2.58 bits per heavy atom. The largest absolute Gasteiger partial charge is 0.481 e. The molecule has 1 aromatic carbocycles. The number of aliphatic carboxylic acids is 1. The highest BCUT2D eigenvalue weighted by Crippen LogP contribution is 2.29. The molecule has 0 aliphatic carbocycles. The molecule has 0 aromatic heterocycles. The van der Waals surface area contributed by atoms with E-state index in [0.717, 1.165) is 31.2 Å². The summed E-state index contributed by atoms with van der Waals surface area (Å²) >= 11 is 0. The van der Waals surface area contributed by atoms with Crippen LogP contribution in [0.5, 0.6) is 0 Å². The zero-order chi connectivity index (χ0) is 27.7. The van der Waals surface area contributed by atoms with E-state index in [2.05, 4.69) is 25.1 Å². The summed E-state index contributed by atoms with van der Waals surface area (Å²) in [6.07, 6.45) is 8.46. The number of fused-ring (bicyclic) bond motifs is 1. The number of terminal acetylenes is 1. The van der Waals surface area contributed by atoms with Crippen molar-refractivity contribution >= 4 is 23.8 Å². The third-order valence-electron chi connectivity index (χ3n) is 7.25. The zero-order valence-electron chi connectivity index (χ0n) is 22.3. The van der Waals surface area contributed by atoms with E-state index in [9.17, 15) is 24.3 Å². The van der Waals surface area contributed by atoms with Crippen molar-refractivity contribution in [2.24, 2.45) is 5.92 Å². The van der Waals surface area contributed by atoms with Crippen LogP contribution in [0.2, 0.25) is 0 Å². The fraction of sp³-hybridized carbons (Fsp3) is 0.571. The molecule has 1 unspecified atom stereocenters. The minimum atomic E-state index is -1.04. The fourth-order valence-corrected chi connectivity index (χ4v) is 5.22. The lowest BCUT2D eigenvalue weighted by molar-refractivity contribution is -0.190. The monoisotopic (exact) mass is 525 g/mol. The molecule has 1 aromatic rings. The van der Waals surface area contributed by atoms with E-state index in [1.165, 1.54) is 14.9 Å². The van der Waals surface area contributed by atoms with Crippen LogP contribution >= 0.6 is 0 Å². The van der Waals surface area contributed by atoms with Crippen LogP contribution in [0.3, 0.4) is 0 Å². The first-order valence-electron chi connectivity index (χ1n) is 13.4. The number of hydrazine groups is 1. The van der Waals surface area contributed by atoms with Gasteiger partial charge >= 0.3 is 12.0 Å². The summed E-state index contributed by atoms with van der Waals surface area (Å²) in [5.41, 5.74) is 0.913. The van der Waals surface area contributed by atoms with Crippen molar-refractivity contribution in [2.75, 3.05) is 26.2 Å². The second-order valence-corrected chi connectivity index (χ2v) is 9.91. The molecular formula is C28H39N5O5. The highest BCUT2D eigenvalue weighted by atomic mass is 16.4. The smallest absolute Gasteiger partial charge is 0.334 e. The number of carboxylic acids is 1. The lowest BCUT2D eigenvalue weighted by atomic mass is 9.96. The van der Waals surface area contributed by atoms with E-state index in [-0.39, 0.29) is 56.8 Å². The van der Waals surface area contributed by atoms with E-state index < -0.39 is 24.2 Å². The average molecular weight is 526 g/mol. The number of carboxylic acid groups (broad SMARTS) is 1. The van der Waals surface area contributed by atoms with Crippen molar-refractivity contribution in [3.63, 3.8) is 0 Å². The maximum absolute atomic E-state index is 13.6. The summed E-state index contributed by atoms with van der Waals surface area (Å²) in [6.45, 7) is 4.98. The van der Waals surface area contributed by atoms with Crippen LogP contribution in [0, 0.1) is 18.3 Å². The summed E-state index contributed by atoms with van der Waals surface area (Å²) < 4.78 is 0. The third kappa shape index (κ3) is 7.04. The van der Waals surface area contributed by atoms with Crippen LogP contribution in [0.4, 0.5) is 4.79 Å². The summed E-state index contributed by atoms with van der Waals surface area (Å²) in [5, 5.41) is 15.2. The number of carbonyl (C=O) groups is 4. The molecule has 4 amide bonds. The molecule has 3 rings (SSSR count). The minimum Gasteiger partial charge on any atom is -0.481 e. The van der Waals surface area contributed by atoms with Gasteiger partial charge in [-0.2, -0.15) is 5.01 Å². The van der Waals surface area contributed by atoms with Gasteiger partial charge in [-0.1, -0.05) is 69.4 Å². The van der Waals surface area contributed by atoms with E-state index >= 15 is 0 Å². The van der Waals surface area contributed by atoms with Crippen molar-refractivity contribution < 1.29 is 24.3 Å². The summed E-state index contributed by atoms with van der Waals surface area (Å²) in [5.74, 6) is 1.14. The predicted molar refractivity (Wildman–Crippen MR) is 142 cm³/mol. The number of rotatable bonds is 12. The molecule has 10 nitrogen and oxygen atoms in total. The van der Waals surface area contributed by atoms with Gasteiger partial charge in [0.2, 0.25) is 11.8 Å². The Morgan fingerprint density at radius 1 is 1.21 bits per heavy atom. The van der Waals surface area contributed by atoms with Crippen molar-refractivity contribution in [3.05, 3.63) is 35.9 Å². The number of hydrogen-bond acceptors (Lipinski definition) is 5. The number of amides is 4. The van der Waals surface area contributed by atoms with Crippen LogP contribution in [0.1, 0.15) is 57.9 Å². The predicted octanol–water partition coefficient (Wildman–Crippen LogP) is 2.51. The lowest BCUT2D eigenvalue weighted by Gasteiger charge is -2.55. The second kappa shape index (κ2) is 13.8. The highest BCUT2D eigenvalue weighted by Gasteiger charge is 2.51. The molecule has 2 aliphatic rings. The van der Waals surface area contributed by atoms with Crippen LogP contribution in [-0.2, 0) is 20.9 Å².